The number of carbonyl (C=O) groups excluding carboxylic acids is 2. The standard InChI is InChI=1S/C26H33N3O4/c1-32-22-9-6-10-23(33-2)24(22)25(30)27-20-11-13-21(14-12-20)28-15-17-29(18-16-28)26(31)19-7-4-3-5-8-19/h6,9-14,19H,3-5,7-8,15-18H2,1-2H3,(H,27,30). The maximum Gasteiger partial charge on any atom is 0.263 e. The van der Waals surface area contributed by atoms with Crippen LogP contribution in [0, 0.1) is 5.92 Å². The quantitative estimate of drug-likeness (QED) is 0.713. The van der Waals surface area contributed by atoms with Crippen LogP contribution in [0.15, 0.2) is 42.5 Å². The van der Waals surface area contributed by atoms with Crippen LogP contribution in [0.2, 0.25) is 0 Å². The molecule has 1 saturated carbocycles. The maximum absolute atomic E-state index is 12.9. The molecular weight excluding hydrogens is 418 g/mol. The molecule has 0 aromatic heterocycles. The molecule has 0 atom stereocenters. The first-order valence-electron chi connectivity index (χ1n) is 11.8. The van der Waals surface area contributed by atoms with E-state index in [9.17, 15) is 9.59 Å². The van der Waals surface area contributed by atoms with Crippen molar-refractivity contribution in [1.82, 2.24) is 4.90 Å². The molecule has 2 fully saturated rings. The summed E-state index contributed by atoms with van der Waals surface area (Å²) in [6.45, 7) is 3.17. The zero-order chi connectivity index (χ0) is 23.2. The van der Waals surface area contributed by atoms with Crippen LogP contribution in [0.1, 0.15) is 42.5 Å². The van der Waals surface area contributed by atoms with Gasteiger partial charge in [0.15, 0.2) is 0 Å². The third-order valence-corrected chi connectivity index (χ3v) is 6.69. The molecule has 1 saturated heterocycles. The highest BCUT2D eigenvalue weighted by Crippen LogP contribution is 2.30. The molecule has 2 aliphatic rings. The molecule has 176 valence electrons. The lowest BCUT2D eigenvalue weighted by Crippen LogP contribution is -2.50. The van der Waals surface area contributed by atoms with E-state index in [2.05, 4.69) is 10.2 Å². The SMILES string of the molecule is COc1cccc(OC)c1C(=O)Nc1ccc(N2CCN(C(=O)C3CCCCC3)CC2)cc1. The van der Waals surface area contributed by atoms with Crippen molar-refractivity contribution in [3.8, 4) is 11.5 Å². The number of nitrogens with zero attached hydrogens (tertiary/aromatic N) is 2. The fourth-order valence-corrected chi connectivity index (χ4v) is 4.82. The highest BCUT2D eigenvalue weighted by molar-refractivity contribution is 6.08. The predicted molar refractivity (Wildman–Crippen MR) is 129 cm³/mol. The van der Waals surface area contributed by atoms with Gasteiger partial charge in [-0.05, 0) is 49.2 Å². The Bertz CT molecular complexity index is 940. The first-order valence-corrected chi connectivity index (χ1v) is 11.8. The molecule has 2 amide bonds. The van der Waals surface area contributed by atoms with E-state index in [1.54, 1.807) is 18.2 Å². The van der Waals surface area contributed by atoms with Gasteiger partial charge in [-0.3, -0.25) is 9.59 Å². The third kappa shape index (κ3) is 5.24. The number of rotatable bonds is 6. The average Bonchev–Trinajstić information content (AvgIpc) is 2.88. The highest BCUT2D eigenvalue weighted by Gasteiger charge is 2.28. The van der Waals surface area contributed by atoms with Crippen molar-refractivity contribution in [2.75, 3.05) is 50.6 Å². The Kier molecular flexibility index (Phi) is 7.37. The van der Waals surface area contributed by atoms with Crippen molar-refractivity contribution < 1.29 is 19.1 Å². The van der Waals surface area contributed by atoms with Crippen molar-refractivity contribution in [3.05, 3.63) is 48.0 Å². The van der Waals surface area contributed by atoms with Gasteiger partial charge in [0.25, 0.3) is 5.91 Å². The monoisotopic (exact) mass is 451 g/mol. The number of hydrogen-bond acceptors (Lipinski definition) is 5. The second kappa shape index (κ2) is 10.6. The average molecular weight is 452 g/mol. The van der Waals surface area contributed by atoms with Gasteiger partial charge in [0.2, 0.25) is 5.91 Å². The number of methoxy groups -OCH3 is 2. The van der Waals surface area contributed by atoms with Crippen LogP contribution in [0.4, 0.5) is 11.4 Å². The Hall–Kier alpha value is -3.22. The molecule has 1 aliphatic carbocycles. The molecule has 1 aliphatic heterocycles. The third-order valence-electron chi connectivity index (χ3n) is 6.69. The van der Waals surface area contributed by atoms with E-state index in [1.807, 2.05) is 29.2 Å². The number of nitrogens with one attached hydrogen (secondary N) is 1. The van der Waals surface area contributed by atoms with E-state index in [0.717, 1.165) is 44.7 Å². The van der Waals surface area contributed by atoms with Crippen LogP contribution < -0.4 is 19.7 Å². The van der Waals surface area contributed by atoms with Crippen molar-refractivity contribution in [1.29, 1.82) is 0 Å². The summed E-state index contributed by atoms with van der Waals surface area (Å²) >= 11 is 0. The molecular formula is C26H33N3O4. The van der Waals surface area contributed by atoms with Gasteiger partial charge < -0.3 is 24.6 Å². The predicted octanol–water partition coefficient (Wildman–Crippen LogP) is 4.19. The Morgan fingerprint density at radius 3 is 2.03 bits per heavy atom. The summed E-state index contributed by atoms with van der Waals surface area (Å²) in [4.78, 5) is 30.0. The summed E-state index contributed by atoms with van der Waals surface area (Å²) in [6.07, 6.45) is 5.73. The normalized spacial score (nSPS) is 16.9. The summed E-state index contributed by atoms with van der Waals surface area (Å²) in [6, 6.07) is 13.1. The van der Waals surface area contributed by atoms with Crippen LogP contribution in [0.3, 0.4) is 0 Å². The van der Waals surface area contributed by atoms with Gasteiger partial charge in [-0.2, -0.15) is 0 Å². The lowest BCUT2D eigenvalue weighted by Gasteiger charge is -2.38. The van der Waals surface area contributed by atoms with E-state index in [1.165, 1.54) is 33.5 Å². The van der Waals surface area contributed by atoms with E-state index in [4.69, 9.17) is 9.47 Å². The Balaban J connectivity index is 1.35. The molecule has 1 heterocycles. The molecule has 7 nitrogen and oxygen atoms in total. The van der Waals surface area contributed by atoms with Crippen molar-refractivity contribution in [2.45, 2.75) is 32.1 Å². The van der Waals surface area contributed by atoms with Crippen LogP contribution >= 0.6 is 0 Å². The largest absolute Gasteiger partial charge is 0.496 e. The fraction of sp³-hybridized carbons (Fsp3) is 0.462. The highest BCUT2D eigenvalue weighted by atomic mass is 16.5. The van der Waals surface area contributed by atoms with Gasteiger partial charge in [0, 0.05) is 43.5 Å². The number of benzene rings is 2. The van der Waals surface area contributed by atoms with Gasteiger partial charge in [-0.1, -0.05) is 25.3 Å². The first kappa shape index (κ1) is 23.0. The number of amides is 2. The van der Waals surface area contributed by atoms with Gasteiger partial charge in [-0.15, -0.1) is 0 Å². The molecule has 0 unspecified atom stereocenters. The molecule has 1 N–H and O–H groups in total. The molecule has 4 rings (SSSR count). The molecule has 0 radical (unpaired) electrons. The van der Waals surface area contributed by atoms with Gasteiger partial charge in [0.05, 0.1) is 14.2 Å². The maximum atomic E-state index is 12.9. The van der Waals surface area contributed by atoms with Crippen LogP contribution in [0.5, 0.6) is 11.5 Å². The minimum Gasteiger partial charge on any atom is -0.496 e. The summed E-state index contributed by atoms with van der Waals surface area (Å²) < 4.78 is 10.7. The molecule has 0 bridgehead atoms. The van der Waals surface area contributed by atoms with E-state index in [0.29, 0.717) is 28.7 Å². The zero-order valence-corrected chi connectivity index (χ0v) is 19.5. The minimum absolute atomic E-state index is 0.232. The zero-order valence-electron chi connectivity index (χ0n) is 19.5. The van der Waals surface area contributed by atoms with Crippen LogP contribution in [0.25, 0.3) is 0 Å². The molecule has 2 aromatic carbocycles. The number of carbonyl (C=O) groups is 2. The van der Waals surface area contributed by atoms with Crippen molar-refractivity contribution >= 4 is 23.2 Å². The van der Waals surface area contributed by atoms with Crippen LogP contribution in [-0.2, 0) is 4.79 Å². The Morgan fingerprint density at radius 2 is 1.45 bits per heavy atom. The van der Waals surface area contributed by atoms with Gasteiger partial charge in [0.1, 0.15) is 17.1 Å². The summed E-state index contributed by atoms with van der Waals surface area (Å²) in [5.74, 6) is 1.22. The van der Waals surface area contributed by atoms with Crippen LogP contribution in [-0.4, -0.2) is 57.1 Å². The number of ether oxygens (including phenoxy) is 2. The number of hydrogen-bond donors (Lipinski definition) is 1. The molecule has 33 heavy (non-hydrogen) atoms. The van der Waals surface area contributed by atoms with E-state index in [-0.39, 0.29) is 11.8 Å². The lowest BCUT2D eigenvalue weighted by molar-refractivity contribution is -0.136. The Labute approximate surface area is 195 Å². The second-order valence-electron chi connectivity index (χ2n) is 8.69. The molecule has 0 spiro atoms. The number of anilines is 2. The molecule has 7 heteroatoms. The molecule has 2 aromatic rings. The van der Waals surface area contributed by atoms with E-state index < -0.39 is 0 Å². The summed E-state index contributed by atoms with van der Waals surface area (Å²) in [5.41, 5.74) is 2.15. The van der Waals surface area contributed by atoms with Gasteiger partial charge in [-0.25, -0.2) is 0 Å². The Morgan fingerprint density at radius 1 is 0.848 bits per heavy atom. The minimum atomic E-state index is -0.285. The smallest absolute Gasteiger partial charge is 0.263 e. The number of piperazine rings is 1. The fourth-order valence-electron chi connectivity index (χ4n) is 4.82. The van der Waals surface area contributed by atoms with Gasteiger partial charge >= 0.3 is 0 Å². The summed E-state index contributed by atoms with van der Waals surface area (Å²) in [5, 5.41) is 2.93. The first-order chi connectivity index (χ1) is 16.1. The second-order valence-corrected chi connectivity index (χ2v) is 8.69. The van der Waals surface area contributed by atoms with E-state index >= 15 is 0 Å². The van der Waals surface area contributed by atoms with Crippen molar-refractivity contribution in [3.63, 3.8) is 0 Å². The lowest BCUT2D eigenvalue weighted by atomic mass is 9.88. The van der Waals surface area contributed by atoms with Crippen molar-refractivity contribution in [2.24, 2.45) is 5.92 Å². The topological polar surface area (TPSA) is 71.1 Å². The summed E-state index contributed by atoms with van der Waals surface area (Å²) in [7, 11) is 3.06.